The molecule has 0 saturated heterocycles. The summed E-state index contributed by atoms with van der Waals surface area (Å²) in [7, 11) is 1.39. The molecule has 1 N–H and O–H groups in total. The number of rotatable bonds is 7. The molecule has 3 atom stereocenters. The molecule has 35 heavy (non-hydrogen) atoms. The molecule has 1 aromatic heterocycles. The van der Waals surface area contributed by atoms with Crippen molar-refractivity contribution in [1.29, 1.82) is 0 Å². The first kappa shape index (κ1) is 24.6. The van der Waals surface area contributed by atoms with Gasteiger partial charge in [0.15, 0.2) is 11.4 Å². The molecule has 8 nitrogen and oxygen atoms in total. The van der Waals surface area contributed by atoms with E-state index < -0.39 is 30.0 Å². The van der Waals surface area contributed by atoms with Crippen LogP contribution in [0, 0.1) is 11.7 Å². The van der Waals surface area contributed by atoms with Crippen LogP contribution >= 0.6 is 0 Å². The number of carbonyl (C=O) groups excluding carboxylic acids is 3. The van der Waals surface area contributed by atoms with E-state index >= 15 is 0 Å². The number of amides is 1. The molecule has 9 heteroatoms. The van der Waals surface area contributed by atoms with Crippen LogP contribution in [-0.4, -0.2) is 42.1 Å². The number of nitrogens with zero attached hydrogens (tertiary/aromatic N) is 1. The van der Waals surface area contributed by atoms with Gasteiger partial charge in [0.05, 0.1) is 13.0 Å². The zero-order valence-electron chi connectivity index (χ0n) is 20.0. The summed E-state index contributed by atoms with van der Waals surface area (Å²) >= 11 is 0. The fourth-order valence-electron chi connectivity index (χ4n) is 4.27. The highest BCUT2D eigenvalue weighted by Gasteiger charge is 2.34. The van der Waals surface area contributed by atoms with Crippen molar-refractivity contribution in [2.45, 2.75) is 64.0 Å². The molecule has 1 aromatic carbocycles. The van der Waals surface area contributed by atoms with Gasteiger partial charge < -0.3 is 19.5 Å². The molecule has 186 valence electrons. The Bertz CT molecular complexity index is 1130. The van der Waals surface area contributed by atoms with Crippen molar-refractivity contribution < 1.29 is 33.0 Å². The average molecular weight is 485 g/mol. The number of methoxy groups -OCH3 is 1. The number of halogens is 1. The number of fused-ring (bicyclic) bond motifs is 1. The van der Waals surface area contributed by atoms with E-state index in [1.54, 1.807) is 6.07 Å². The molecule has 0 bridgehead atoms. The third-order valence-electron chi connectivity index (χ3n) is 6.47. The van der Waals surface area contributed by atoms with E-state index in [9.17, 15) is 18.8 Å². The smallest absolute Gasteiger partial charge is 0.328 e. The highest BCUT2D eigenvalue weighted by atomic mass is 19.1. The summed E-state index contributed by atoms with van der Waals surface area (Å²) in [5.74, 6) is -2.21. The molecule has 0 spiro atoms. The zero-order chi connectivity index (χ0) is 25.1. The summed E-state index contributed by atoms with van der Waals surface area (Å²) in [6.45, 7) is 3.46. The van der Waals surface area contributed by atoms with Gasteiger partial charge >= 0.3 is 11.9 Å². The molecular formula is C26H29FN2O6. The quantitative estimate of drug-likeness (QED) is 0.472. The van der Waals surface area contributed by atoms with Crippen molar-refractivity contribution in [3.8, 4) is 11.5 Å². The molecule has 1 fully saturated rings. The predicted molar refractivity (Wildman–Crippen MR) is 124 cm³/mol. The van der Waals surface area contributed by atoms with Crippen LogP contribution in [0.5, 0.6) is 11.5 Å². The minimum Gasteiger partial charge on any atom is -0.493 e. The lowest BCUT2D eigenvalue weighted by Crippen LogP contribution is -2.42. The maximum Gasteiger partial charge on any atom is 0.328 e. The van der Waals surface area contributed by atoms with Crippen molar-refractivity contribution in [2.75, 3.05) is 7.11 Å². The van der Waals surface area contributed by atoms with E-state index in [0.29, 0.717) is 12.8 Å². The van der Waals surface area contributed by atoms with E-state index in [0.717, 1.165) is 30.4 Å². The van der Waals surface area contributed by atoms with Crippen LogP contribution in [0.1, 0.15) is 67.1 Å². The van der Waals surface area contributed by atoms with E-state index in [-0.39, 0.29) is 34.8 Å². The maximum absolute atomic E-state index is 13.7. The second kappa shape index (κ2) is 10.4. The molecule has 1 amide bonds. The normalized spacial score (nSPS) is 20.1. The summed E-state index contributed by atoms with van der Waals surface area (Å²) in [6, 6.07) is 5.20. The van der Waals surface area contributed by atoms with Crippen LogP contribution < -0.4 is 14.8 Å². The van der Waals surface area contributed by atoms with Gasteiger partial charge in [-0.3, -0.25) is 9.59 Å². The summed E-state index contributed by atoms with van der Waals surface area (Å²) in [4.78, 5) is 42.1. The molecule has 1 heterocycles. The van der Waals surface area contributed by atoms with Gasteiger partial charge in [-0.15, -0.1) is 0 Å². The van der Waals surface area contributed by atoms with Crippen molar-refractivity contribution in [2.24, 2.45) is 5.92 Å². The molecule has 0 aliphatic heterocycles. The van der Waals surface area contributed by atoms with E-state index in [4.69, 9.17) is 14.2 Å². The Morgan fingerprint density at radius 1 is 1.17 bits per heavy atom. The van der Waals surface area contributed by atoms with Gasteiger partial charge in [0, 0.05) is 18.2 Å². The molecule has 2 aliphatic carbocycles. The average Bonchev–Trinajstić information content (AvgIpc) is 3.69. The highest BCUT2D eigenvalue weighted by Crippen LogP contribution is 2.35. The summed E-state index contributed by atoms with van der Waals surface area (Å²) < 4.78 is 30.1. The van der Waals surface area contributed by atoms with Crippen LogP contribution in [-0.2, 0) is 20.7 Å². The Balaban J connectivity index is 1.44. The Kier molecular flexibility index (Phi) is 7.33. The van der Waals surface area contributed by atoms with Gasteiger partial charge in [0.1, 0.15) is 18.0 Å². The zero-order valence-corrected chi connectivity index (χ0v) is 20.0. The lowest BCUT2D eigenvalue weighted by Gasteiger charge is -2.25. The molecule has 2 aliphatic rings. The van der Waals surface area contributed by atoms with Gasteiger partial charge in [-0.2, -0.15) is 0 Å². The van der Waals surface area contributed by atoms with Crippen LogP contribution in [0.2, 0.25) is 0 Å². The number of hydrogen-bond acceptors (Lipinski definition) is 7. The van der Waals surface area contributed by atoms with Crippen LogP contribution in [0.3, 0.4) is 0 Å². The van der Waals surface area contributed by atoms with Crippen molar-refractivity contribution in [3.63, 3.8) is 0 Å². The van der Waals surface area contributed by atoms with Crippen LogP contribution in [0.15, 0.2) is 30.5 Å². The fourth-order valence-corrected chi connectivity index (χ4v) is 4.27. The van der Waals surface area contributed by atoms with Crippen molar-refractivity contribution in [1.82, 2.24) is 10.3 Å². The first-order valence-corrected chi connectivity index (χ1v) is 11.8. The fraction of sp³-hybridized carbons (Fsp3) is 0.462. The van der Waals surface area contributed by atoms with Crippen LogP contribution in [0.25, 0.3) is 0 Å². The second-order valence-electron chi connectivity index (χ2n) is 9.08. The lowest BCUT2D eigenvalue weighted by atomic mass is 9.92. The largest absolute Gasteiger partial charge is 0.493 e. The molecule has 2 unspecified atom stereocenters. The van der Waals surface area contributed by atoms with E-state index in [2.05, 4.69) is 10.3 Å². The molecule has 4 rings (SSSR count). The van der Waals surface area contributed by atoms with Gasteiger partial charge in [-0.05, 0) is 62.3 Å². The van der Waals surface area contributed by atoms with E-state index in [1.807, 2.05) is 6.92 Å². The SMILES string of the molecule is COc1ccnc(C(=O)N[C@@H](C)C(=O)OC2CCCc3cc(F)ccc3C2C)c1OC(=O)C1CC1. The van der Waals surface area contributed by atoms with Gasteiger partial charge in [0.2, 0.25) is 5.75 Å². The Labute approximate surface area is 203 Å². The van der Waals surface area contributed by atoms with Gasteiger partial charge in [-0.1, -0.05) is 13.0 Å². The molecule has 2 aromatic rings. The monoisotopic (exact) mass is 484 g/mol. The lowest BCUT2D eigenvalue weighted by molar-refractivity contribution is -0.152. The molecule has 1 saturated carbocycles. The standard InChI is InChI=1S/C26H29FN2O6/c1-14-19-10-9-18(27)13-17(19)5-4-6-20(14)34-25(31)15(2)29-24(30)22-23(21(33-3)11-12-28-22)35-26(32)16-7-8-16/h9-16,20H,4-8H2,1-3H3,(H,29,30)/t14?,15-,20?/m0/s1. The number of benzene rings is 1. The van der Waals surface area contributed by atoms with Gasteiger partial charge in [0.25, 0.3) is 5.91 Å². The number of aromatic nitrogens is 1. The summed E-state index contributed by atoms with van der Waals surface area (Å²) in [6.07, 6.45) is 4.53. The van der Waals surface area contributed by atoms with E-state index in [1.165, 1.54) is 38.4 Å². The maximum atomic E-state index is 13.7. The number of carbonyl (C=O) groups is 3. The topological polar surface area (TPSA) is 104 Å². The summed E-state index contributed by atoms with van der Waals surface area (Å²) in [5, 5.41) is 2.58. The van der Waals surface area contributed by atoms with Crippen molar-refractivity contribution >= 4 is 17.8 Å². The van der Waals surface area contributed by atoms with Crippen molar-refractivity contribution in [3.05, 3.63) is 53.1 Å². The first-order chi connectivity index (χ1) is 16.8. The third kappa shape index (κ3) is 5.61. The predicted octanol–water partition coefficient (Wildman–Crippen LogP) is 3.71. The number of esters is 2. The summed E-state index contributed by atoms with van der Waals surface area (Å²) in [5.41, 5.74) is 1.73. The number of hydrogen-bond donors (Lipinski definition) is 1. The second-order valence-corrected chi connectivity index (χ2v) is 9.08. The third-order valence-corrected chi connectivity index (χ3v) is 6.47. The number of aryl methyl sites for hydroxylation is 1. The highest BCUT2D eigenvalue weighted by molar-refractivity contribution is 5.98. The molecule has 0 radical (unpaired) electrons. The Morgan fingerprint density at radius 2 is 1.94 bits per heavy atom. The van der Waals surface area contributed by atoms with Gasteiger partial charge in [-0.25, -0.2) is 14.2 Å². The number of nitrogens with one attached hydrogen (secondary N) is 1. The molecular weight excluding hydrogens is 455 g/mol. The first-order valence-electron chi connectivity index (χ1n) is 11.8. The Morgan fingerprint density at radius 3 is 2.66 bits per heavy atom. The number of pyridine rings is 1. The Hall–Kier alpha value is -3.49. The minimum absolute atomic E-state index is 0.0776. The minimum atomic E-state index is -0.981. The number of ether oxygens (including phenoxy) is 3. The van der Waals surface area contributed by atoms with Crippen LogP contribution in [0.4, 0.5) is 4.39 Å².